The van der Waals surface area contributed by atoms with Crippen LogP contribution in [0.3, 0.4) is 0 Å². The maximum atomic E-state index is 12.3. The highest BCUT2D eigenvalue weighted by molar-refractivity contribution is 7.99. The first-order valence-electron chi connectivity index (χ1n) is 8.20. The number of benzene rings is 2. The van der Waals surface area contributed by atoms with Crippen LogP contribution in [0.15, 0.2) is 53.4 Å². The standard InChI is InChI=1S/C20H26N2OS/c1-15-12-18(22(3)4)11-10-17(15)13-21-20(23)16(2)14-24-19-8-6-5-7-9-19/h5-12,16H,13-14H2,1-4H3,(H,21,23). The van der Waals surface area contributed by atoms with E-state index in [0.717, 1.165) is 11.3 Å². The van der Waals surface area contributed by atoms with Crippen molar-refractivity contribution in [2.45, 2.75) is 25.3 Å². The molecule has 128 valence electrons. The molecular weight excluding hydrogens is 316 g/mol. The largest absolute Gasteiger partial charge is 0.378 e. The molecule has 0 aliphatic rings. The van der Waals surface area contributed by atoms with E-state index in [2.05, 4.69) is 47.5 Å². The molecule has 4 heteroatoms. The summed E-state index contributed by atoms with van der Waals surface area (Å²) >= 11 is 1.72. The van der Waals surface area contributed by atoms with Gasteiger partial charge in [0, 0.05) is 42.9 Å². The second-order valence-electron chi connectivity index (χ2n) is 6.25. The maximum Gasteiger partial charge on any atom is 0.223 e. The minimum absolute atomic E-state index is 0.0171. The van der Waals surface area contributed by atoms with Gasteiger partial charge in [0.25, 0.3) is 0 Å². The minimum atomic E-state index is -0.0171. The Balaban J connectivity index is 1.84. The smallest absolute Gasteiger partial charge is 0.223 e. The average Bonchev–Trinajstić information content (AvgIpc) is 2.59. The lowest BCUT2D eigenvalue weighted by Gasteiger charge is -2.16. The maximum absolute atomic E-state index is 12.3. The predicted molar refractivity (Wildman–Crippen MR) is 104 cm³/mol. The van der Waals surface area contributed by atoms with Crippen molar-refractivity contribution in [2.24, 2.45) is 5.92 Å². The number of amides is 1. The van der Waals surface area contributed by atoms with Gasteiger partial charge in [-0.05, 0) is 42.3 Å². The Morgan fingerprint density at radius 2 is 1.88 bits per heavy atom. The number of nitrogens with one attached hydrogen (secondary N) is 1. The van der Waals surface area contributed by atoms with Crippen LogP contribution in [0.4, 0.5) is 5.69 Å². The molecule has 0 heterocycles. The van der Waals surface area contributed by atoms with Gasteiger partial charge < -0.3 is 10.2 Å². The van der Waals surface area contributed by atoms with Crippen molar-refractivity contribution in [3.05, 3.63) is 59.7 Å². The molecule has 0 spiro atoms. The van der Waals surface area contributed by atoms with Gasteiger partial charge in [-0.1, -0.05) is 31.2 Å². The molecule has 0 fully saturated rings. The number of hydrogen-bond acceptors (Lipinski definition) is 3. The first kappa shape index (κ1) is 18.4. The third-order valence-electron chi connectivity index (χ3n) is 3.99. The van der Waals surface area contributed by atoms with E-state index < -0.39 is 0 Å². The second-order valence-corrected chi connectivity index (χ2v) is 7.34. The topological polar surface area (TPSA) is 32.3 Å². The summed E-state index contributed by atoms with van der Waals surface area (Å²) in [6.07, 6.45) is 0. The number of thioether (sulfide) groups is 1. The Kier molecular flexibility index (Phi) is 6.73. The molecule has 2 aromatic carbocycles. The Bertz CT molecular complexity index is 671. The Morgan fingerprint density at radius 3 is 2.50 bits per heavy atom. The molecule has 1 unspecified atom stereocenters. The number of nitrogens with zero attached hydrogens (tertiary/aromatic N) is 1. The molecule has 2 aromatic rings. The summed E-state index contributed by atoms with van der Waals surface area (Å²) in [5.74, 6) is 0.875. The van der Waals surface area contributed by atoms with E-state index in [0.29, 0.717) is 6.54 Å². The molecule has 0 aliphatic carbocycles. The van der Waals surface area contributed by atoms with Crippen molar-refractivity contribution >= 4 is 23.4 Å². The molecule has 1 amide bonds. The van der Waals surface area contributed by atoms with E-state index in [-0.39, 0.29) is 11.8 Å². The van der Waals surface area contributed by atoms with E-state index in [4.69, 9.17) is 0 Å². The van der Waals surface area contributed by atoms with Crippen molar-refractivity contribution in [1.82, 2.24) is 5.32 Å². The number of aryl methyl sites for hydroxylation is 1. The van der Waals surface area contributed by atoms with Gasteiger partial charge in [0.05, 0.1) is 0 Å². The summed E-state index contributed by atoms with van der Waals surface area (Å²) < 4.78 is 0. The van der Waals surface area contributed by atoms with Crippen molar-refractivity contribution in [1.29, 1.82) is 0 Å². The summed E-state index contributed by atoms with van der Waals surface area (Å²) in [5, 5.41) is 3.06. The monoisotopic (exact) mass is 342 g/mol. The molecule has 0 aromatic heterocycles. The first-order chi connectivity index (χ1) is 11.5. The van der Waals surface area contributed by atoms with Gasteiger partial charge >= 0.3 is 0 Å². The van der Waals surface area contributed by atoms with E-state index in [1.807, 2.05) is 39.2 Å². The Labute approximate surface area is 149 Å². The van der Waals surface area contributed by atoms with Crippen LogP contribution in [0.5, 0.6) is 0 Å². The highest BCUT2D eigenvalue weighted by Crippen LogP contribution is 2.20. The summed E-state index contributed by atoms with van der Waals surface area (Å²) in [6, 6.07) is 16.5. The van der Waals surface area contributed by atoms with Gasteiger partial charge in [-0.25, -0.2) is 0 Å². The van der Waals surface area contributed by atoms with E-state index in [1.165, 1.54) is 16.1 Å². The minimum Gasteiger partial charge on any atom is -0.378 e. The lowest BCUT2D eigenvalue weighted by Crippen LogP contribution is -2.30. The van der Waals surface area contributed by atoms with E-state index in [1.54, 1.807) is 11.8 Å². The van der Waals surface area contributed by atoms with Crippen molar-refractivity contribution in [3.63, 3.8) is 0 Å². The van der Waals surface area contributed by atoms with Gasteiger partial charge in [-0.3, -0.25) is 4.79 Å². The first-order valence-corrected chi connectivity index (χ1v) is 9.18. The van der Waals surface area contributed by atoms with Crippen molar-refractivity contribution in [3.8, 4) is 0 Å². The van der Waals surface area contributed by atoms with Crippen LogP contribution >= 0.6 is 11.8 Å². The molecule has 1 atom stereocenters. The molecule has 0 radical (unpaired) electrons. The summed E-state index contributed by atoms with van der Waals surface area (Å²) in [6.45, 7) is 4.65. The molecule has 24 heavy (non-hydrogen) atoms. The zero-order chi connectivity index (χ0) is 17.5. The fourth-order valence-electron chi connectivity index (χ4n) is 2.33. The number of rotatable bonds is 7. The predicted octanol–water partition coefficient (Wildman–Crippen LogP) is 4.11. The van der Waals surface area contributed by atoms with Crippen LogP contribution in [0.2, 0.25) is 0 Å². The van der Waals surface area contributed by atoms with Gasteiger partial charge in [0.15, 0.2) is 0 Å². The Hall–Kier alpha value is -1.94. The van der Waals surface area contributed by atoms with Crippen LogP contribution in [-0.4, -0.2) is 25.8 Å². The van der Waals surface area contributed by atoms with Crippen LogP contribution in [0.1, 0.15) is 18.1 Å². The van der Waals surface area contributed by atoms with Gasteiger partial charge in [0.1, 0.15) is 0 Å². The molecule has 2 rings (SSSR count). The summed E-state index contributed by atoms with van der Waals surface area (Å²) in [7, 11) is 4.06. The van der Waals surface area contributed by atoms with Gasteiger partial charge in [0.2, 0.25) is 5.91 Å². The molecule has 0 bridgehead atoms. The molecular formula is C20H26N2OS. The number of carbonyl (C=O) groups excluding carboxylic acids is 1. The second kappa shape index (κ2) is 8.78. The fourth-order valence-corrected chi connectivity index (χ4v) is 3.27. The zero-order valence-electron chi connectivity index (χ0n) is 14.9. The van der Waals surface area contributed by atoms with Crippen LogP contribution < -0.4 is 10.2 Å². The average molecular weight is 343 g/mol. The lowest BCUT2D eigenvalue weighted by atomic mass is 10.1. The van der Waals surface area contributed by atoms with Gasteiger partial charge in [-0.15, -0.1) is 11.8 Å². The third kappa shape index (κ3) is 5.31. The molecule has 3 nitrogen and oxygen atoms in total. The molecule has 0 saturated heterocycles. The normalized spacial score (nSPS) is 11.8. The van der Waals surface area contributed by atoms with Crippen LogP contribution in [0.25, 0.3) is 0 Å². The fraction of sp³-hybridized carbons (Fsp3) is 0.350. The molecule has 0 saturated carbocycles. The van der Waals surface area contributed by atoms with Crippen molar-refractivity contribution in [2.75, 3.05) is 24.7 Å². The molecule has 1 N–H and O–H groups in total. The van der Waals surface area contributed by atoms with Gasteiger partial charge in [-0.2, -0.15) is 0 Å². The summed E-state index contributed by atoms with van der Waals surface area (Å²) in [5.41, 5.74) is 3.54. The lowest BCUT2D eigenvalue weighted by molar-refractivity contribution is -0.124. The SMILES string of the molecule is Cc1cc(N(C)C)ccc1CNC(=O)C(C)CSc1ccccc1. The van der Waals surface area contributed by atoms with Crippen LogP contribution in [0, 0.1) is 12.8 Å². The third-order valence-corrected chi connectivity index (χ3v) is 5.26. The quantitative estimate of drug-likeness (QED) is 0.769. The Morgan fingerprint density at radius 1 is 1.17 bits per heavy atom. The summed E-state index contributed by atoms with van der Waals surface area (Å²) in [4.78, 5) is 15.6. The number of anilines is 1. The molecule has 0 aliphatic heterocycles. The highest BCUT2D eigenvalue weighted by Gasteiger charge is 2.13. The van der Waals surface area contributed by atoms with E-state index >= 15 is 0 Å². The van der Waals surface area contributed by atoms with Crippen molar-refractivity contribution < 1.29 is 4.79 Å². The van der Waals surface area contributed by atoms with Crippen LogP contribution in [-0.2, 0) is 11.3 Å². The van der Waals surface area contributed by atoms with E-state index in [9.17, 15) is 4.79 Å². The number of hydrogen-bond donors (Lipinski definition) is 1. The number of carbonyl (C=O) groups is 1. The zero-order valence-corrected chi connectivity index (χ0v) is 15.7. The highest BCUT2D eigenvalue weighted by atomic mass is 32.2.